The van der Waals surface area contributed by atoms with E-state index in [2.05, 4.69) is 14.9 Å². The fourth-order valence-electron chi connectivity index (χ4n) is 4.58. The quantitative estimate of drug-likeness (QED) is 0.676. The predicted octanol–water partition coefficient (Wildman–Crippen LogP) is 5.09. The van der Waals surface area contributed by atoms with Gasteiger partial charge in [-0.3, -0.25) is 4.79 Å². The first-order valence-electron chi connectivity index (χ1n) is 10.4. The lowest BCUT2D eigenvalue weighted by Gasteiger charge is -2.40. The zero-order chi connectivity index (χ0) is 19.8. The molecule has 0 radical (unpaired) electrons. The van der Waals surface area contributed by atoms with E-state index in [-0.39, 0.29) is 11.7 Å². The molecule has 1 aliphatic heterocycles. The van der Waals surface area contributed by atoms with Crippen molar-refractivity contribution in [1.29, 1.82) is 0 Å². The Morgan fingerprint density at radius 1 is 1.07 bits per heavy atom. The predicted molar refractivity (Wildman–Crippen MR) is 111 cm³/mol. The molecule has 0 atom stereocenters. The van der Waals surface area contributed by atoms with Crippen LogP contribution >= 0.6 is 0 Å². The summed E-state index contributed by atoms with van der Waals surface area (Å²) in [5, 5.41) is 3.05. The molecule has 3 aromatic rings. The molecule has 29 heavy (non-hydrogen) atoms. The first kappa shape index (κ1) is 18.1. The van der Waals surface area contributed by atoms with Crippen molar-refractivity contribution in [2.24, 2.45) is 0 Å². The van der Waals surface area contributed by atoms with Gasteiger partial charge in [0.25, 0.3) is 0 Å². The third-order valence-corrected chi connectivity index (χ3v) is 6.42. The molecule has 0 unspecified atom stereocenters. The molecule has 5 rings (SSSR count). The summed E-state index contributed by atoms with van der Waals surface area (Å²) >= 11 is 0. The van der Waals surface area contributed by atoms with Crippen LogP contribution in [0.3, 0.4) is 0 Å². The highest BCUT2D eigenvalue weighted by atomic mass is 19.1. The number of aromatic nitrogens is 2. The number of nitrogens with zero attached hydrogens (tertiary/aromatic N) is 2. The molecule has 5 heteroatoms. The zero-order valence-electron chi connectivity index (χ0n) is 16.3. The maximum atomic E-state index is 13.7. The Kier molecular flexibility index (Phi) is 4.46. The van der Waals surface area contributed by atoms with E-state index in [1.165, 1.54) is 30.7 Å². The lowest BCUT2D eigenvalue weighted by Crippen LogP contribution is -2.46. The summed E-state index contributed by atoms with van der Waals surface area (Å²) in [7, 11) is 0. The summed E-state index contributed by atoms with van der Waals surface area (Å²) < 4.78 is 16.0. The van der Waals surface area contributed by atoms with E-state index in [4.69, 9.17) is 0 Å². The van der Waals surface area contributed by atoms with Crippen LogP contribution in [0.5, 0.6) is 0 Å². The van der Waals surface area contributed by atoms with Crippen LogP contribution in [-0.2, 0) is 23.2 Å². The Bertz CT molecular complexity index is 1050. The largest absolute Gasteiger partial charge is 0.328 e. The molecule has 0 spiro atoms. The summed E-state index contributed by atoms with van der Waals surface area (Å²) in [4.78, 5) is 17.7. The fraction of sp³-hybridized carbons (Fsp3) is 0.333. The maximum Gasteiger partial charge on any atom is 0.235 e. The number of carbonyl (C=O) groups excluding carboxylic acids is 1. The van der Waals surface area contributed by atoms with Gasteiger partial charge in [-0.25, -0.2) is 9.37 Å². The number of carbonyl (C=O) groups is 1. The molecule has 148 valence electrons. The highest BCUT2D eigenvalue weighted by molar-refractivity contribution is 6.00. The maximum absolute atomic E-state index is 13.7. The number of rotatable bonds is 4. The van der Waals surface area contributed by atoms with Crippen molar-refractivity contribution >= 4 is 11.6 Å². The van der Waals surface area contributed by atoms with E-state index in [0.717, 1.165) is 54.9 Å². The molecule has 1 saturated carbocycles. The third-order valence-electron chi connectivity index (χ3n) is 6.42. The Labute approximate surface area is 169 Å². The van der Waals surface area contributed by atoms with Gasteiger partial charge in [-0.1, -0.05) is 18.6 Å². The van der Waals surface area contributed by atoms with Crippen LogP contribution in [-0.4, -0.2) is 15.5 Å². The van der Waals surface area contributed by atoms with Crippen LogP contribution in [0.15, 0.2) is 54.7 Å². The van der Waals surface area contributed by atoms with E-state index in [1.54, 1.807) is 6.07 Å². The number of benzene rings is 2. The summed E-state index contributed by atoms with van der Waals surface area (Å²) in [6.45, 7) is 1.01. The number of fused-ring (bicyclic) bond motifs is 1. The van der Waals surface area contributed by atoms with E-state index in [1.807, 2.05) is 36.5 Å². The SMILES string of the molecule is O=C(Nc1ccc(-c2ncc3n2CCCC3)cc1)C1(c2cccc(F)c2)CCC1. The fourth-order valence-corrected chi connectivity index (χ4v) is 4.58. The number of hydrogen-bond acceptors (Lipinski definition) is 2. The van der Waals surface area contributed by atoms with E-state index in [9.17, 15) is 9.18 Å². The smallest absolute Gasteiger partial charge is 0.235 e. The molecule has 1 amide bonds. The molecule has 4 nitrogen and oxygen atoms in total. The minimum absolute atomic E-state index is 0.0553. The van der Waals surface area contributed by atoms with Gasteiger partial charge in [0, 0.05) is 29.7 Å². The normalized spacial score (nSPS) is 17.3. The number of aryl methyl sites for hydroxylation is 1. The molecule has 2 aromatic carbocycles. The summed E-state index contributed by atoms with van der Waals surface area (Å²) in [6, 6.07) is 14.3. The number of amides is 1. The molecule has 1 aromatic heterocycles. The third kappa shape index (κ3) is 3.15. The van der Waals surface area contributed by atoms with Gasteiger partial charge in [0.05, 0.1) is 5.41 Å². The van der Waals surface area contributed by atoms with Crippen LogP contribution in [0, 0.1) is 5.82 Å². The van der Waals surface area contributed by atoms with Crippen LogP contribution in [0.2, 0.25) is 0 Å². The van der Waals surface area contributed by atoms with Crippen molar-refractivity contribution in [3.8, 4) is 11.4 Å². The van der Waals surface area contributed by atoms with Gasteiger partial charge in [0.15, 0.2) is 0 Å². The highest BCUT2D eigenvalue weighted by Gasteiger charge is 2.45. The second-order valence-electron chi connectivity index (χ2n) is 8.16. The molecular formula is C24H24FN3O. The molecule has 1 N–H and O–H groups in total. The van der Waals surface area contributed by atoms with E-state index < -0.39 is 5.41 Å². The molecule has 2 aliphatic rings. The van der Waals surface area contributed by atoms with Gasteiger partial charge >= 0.3 is 0 Å². The van der Waals surface area contributed by atoms with E-state index >= 15 is 0 Å². The number of hydrogen-bond donors (Lipinski definition) is 1. The first-order valence-corrected chi connectivity index (χ1v) is 10.4. The van der Waals surface area contributed by atoms with Crippen molar-refractivity contribution < 1.29 is 9.18 Å². The van der Waals surface area contributed by atoms with Gasteiger partial charge in [-0.2, -0.15) is 0 Å². The van der Waals surface area contributed by atoms with Crippen LogP contribution in [0.4, 0.5) is 10.1 Å². The van der Waals surface area contributed by atoms with Crippen molar-refractivity contribution in [3.63, 3.8) is 0 Å². The van der Waals surface area contributed by atoms with Gasteiger partial charge < -0.3 is 9.88 Å². The van der Waals surface area contributed by atoms with Gasteiger partial charge in [-0.05, 0) is 74.1 Å². The Morgan fingerprint density at radius 3 is 2.62 bits per heavy atom. The molecular weight excluding hydrogens is 365 g/mol. The first-order chi connectivity index (χ1) is 14.2. The zero-order valence-corrected chi connectivity index (χ0v) is 16.3. The highest BCUT2D eigenvalue weighted by Crippen LogP contribution is 2.44. The summed E-state index contributed by atoms with van der Waals surface area (Å²) in [5.74, 6) is 0.641. The van der Waals surface area contributed by atoms with Gasteiger partial charge in [0.2, 0.25) is 5.91 Å². The molecule has 1 aliphatic carbocycles. The number of halogens is 1. The Morgan fingerprint density at radius 2 is 1.90 bits per heavy atom. The second-order valence-corrected chi connectivity index (χ2v) is 8.16. The van der Waals surface area contributed by atoms with Crippen LogP contribution in [0.1, 0.15) is 43.4 Å². The van der Waals surface area contributed by atoms with Crippen LogP contribution in [0.25, 0.3) is 11.4 Å². The Balaban J connectivity index is 1.36. The van der Waals surface area contributed by atoms with Gasteiger partial charge in [-0.15, -0.1) is 0 Å². The average Bonchev–Trinajstić information content (AvgIpc) is 3.12. The summed E-state index contributed by atoms with van der Waals surface area (Å²) in [6.07, 6.45) is 7.96. The van der Waals surface area contributed by atoms with Crippen LogP contribution < -0.4 is 5.32 Å². The lowest BCUT2D eigenvalue weighted by atomic mass is 9.63. The average molecular weight is 389 g/mol. The van der Waals surface area contributed by atoms with Crippen molar-refractivity contribution in [1.82, 2.24) is 9.55 Å². The topological polar surface area (TPSA) is 46.9 Å². The minimum atomic E-state index is -0.622. The number of nitrogens with one attached hydrogen (secondary N) is 1. The monoisotopic (exact) mass is 389 g/mol. The second kappa shape index (κ2) is 7.14. The number of anilines is 1. The van der Waals surface area contributed by atoms with Crippen molar-refractivity contribution in [3.05, 3.63) is 71.8 Å². The Hall–Kier alpha value is -2.95. The minimum Gasteiger partial charge on any atom is -0.328 e. The molecule has 1 fully saturated rings. The van der Waals surface area contributed by atoms with Crippen molar-refractivity contribution in [2.75, 3.05) is 5.32 Å². The van der Waals surface area contributed by atoms with Crippen molar-refractivity contribution in [2.45, 2.75) is 50.5 Å². The van der Waals surface area contributed by atoms with Gasteiger partial charge in [0.1, 0.15) is 11.6 Å². The van der Waals surface area contributed by atoms with E-state index in [0.29, 0.717) is 0 Å². The molecule has 0 bridgehead atoms. The number of imidazole rings is 1. The molecule has 0 saturated heterocycles. The lowest BCUT2D eigenvalue weighted by molar-refractivity contribution is -0.124. The molecule has 2 heterocycles. The summed E-state index contributed by atoms with van der Waals surface area (Å²) in [5.41, 5.74) is 3.25. The standard InChI is InChI=1S/C24H24FN3O/c25-19-6-3-5-18(15-19)24(12-4-13-24)23(29)27-20-10-8-17(9-11-20)22-26-16-21-7-1-2-14-28(21)22/h3,5-6,8-11,15-16H,1-2,4,7,12-14H2,(H,27,29).